The highest BCUT2D eigenvalue weighted by Crippen LogP contribution is 2.35. The maximum Gasteiger partial charge on any atom is 0.173 e. The summed E-state index contributed by atoms with van der Waals surface area (Å²) in [6, 6.07) is 5.26. The Morgan fingerprint density at radius 2 is 2.06 bits per heavy atom. The summed E-state index contributed by atoms with van der Waals surface area (Å²) in [7, 11) is 0. The lowest BCUT2D eigenvalue weighted by Crippen LogP contribution is -1.99. The summed E-state index contributed by atoms with van der Waals surface area (Å²) in [6.45, 7) is 4.22. The van der Waals surface area contributed by atoms with Crippen molar-refractivity contribution in [2.24, 2.45) is 5.92 Å². The van der Waals surface area contributed by atoms with E-state index in [4.69, 9.17) is 33.5 Å². The van der Waals surface area contributed by atoms with Crippen molar-refractivity contribution in [3.8, 4) is 11.3 Å². The SMILES string of the molecule is CC(C)Cc1c(N)noc1-c1ccc(Cl)cc1Cl. The molecule has 18 heavy (non-hydrogen) atoms. The van der Waals surface area contributed by atoms with E-state index in [0.29, 0.717) is 27.5 Å². The van der Waals surface area contributed by atoms with Crippen molar-refractivity contribution >= 4 is 29.0 Å². The molecule has 2 rings (SSSR count). The quantitative estimate of drug-likeness (QED) is 0.907. The Morgan fingerprint density at radius 3 is 2.67 bits per heavy atom. The number of hydrogen-bond donors (Lipinski definition) is 1. The lowest BCUT2D eigenvalue weighted by Gasteiger charge is -2.06. The molecule has 1 aromatic heterocycles. The predicted octanol–water partition coefficient (Wildman–Crippen LogP) is 4.43. The van der Waals surface area contributed by atoms with Crippen LogP contribution in [0.2, 0.25) is 10.0 Å². The van der Waals surface area contributed by atoms with E-state index in [1.54, 1.807) is 12.1 Å². The van der Waals surface area contributed by atoms with Crippen LogP contribution in [0.5, 0.6) is 0 Å². The summed E-state index contributed by atoms with van der Waals surface area (Å²) < 4.78 is 5.30. The third kappa shape index (κ3) is 2.62. The Balaban J connectivity index is 2.50. The molecule has 0 unspecified atom stereocenters. The highest BCUT2D eigenvalue weighted by Gasteiger charge is 2.18. The normalized spacial score (nSPS) is 11.2. The van der Waals surface area contributed by atoms with Gasteiger partial charge in [0, 0.05) is 16.1 Å². The Labute approximate surface area is 116 Å². The molecule has 0 aliphatic carbocycles. The first kappa shape index (κ1) is 13.2. The second kappa shape index (κ2) is 5.21. The van der Waals surface area contributed by atoms with Crippen molar-refractivity contribution in [3.63, 3.8) is 0 Å². The molecular formula is C13H14Cl2N2O. The smallest absolute Gasteiger partial charge is 0.173 e. The number of nitrogens with zero attached hydrogens (tertiary/aromatic N) is 1. The van der Waals surface area contributed by atoms with E-state index in [0.717, 1.165) is 17.5 Å². The zero-order chi connectivity index (χ0) is 13.3. The lowest BCUT2D eigenvalue weighted by molar-refractivity contribution is 0.434. The molecule has 5 heteroatoms. The van der Waals surface area contributed by atoms with E-state index in [9.17, 15) is 0 Å². The third-order valence-corrected chi connectivity index (χ3v) is 3.15. The Bertz CT molecular complexity index is 564. The van der Waals surface area contributed by atoms with E-state index in [2.05, 4.69) is 19.0 Å². The average molecular weight is 285 g/mol. The summed E-state index contributed by atoms with van der Waals surface area (Å²) in [6.07, 6.45) is 0.795. The number of anilines is 1. The fraction of sp³-hybridized carbons (Fsp3) is 0.308. The van der Waals surface area contributed by atoms with Gasteiger partial charge in [-0.15, -0.1) is 0 Å². The molecule has 0 fully saturated rings. The van der Waals surface area contributed by atoms with Crippen LogP contribution in [0, 0.1) is 5.92 Å². The van der Waals surface area contributed by atoms with Gasteiger partial charge in [-0.2, -0.15) is 0 Å². The van der Waals surface area contributed by atoms with Crippen molar-refractivity contribution in [1.82, 2.24) is 5.16 Å². The molecule has 96 valence electrons. The van der Waals surface area contributed by atoms with Crippen LogP contribution < -0.4 is 5.73 Å². The van der Waals surface area contributed by atoms with E-state index in [-0.39, 0.29) is 0 Å². The van der Waals surface area contributed by atoms with Gasteiger partial charge in [-0.1, -0.05) is 42.2 Å². The minimum absolute atomic E-state index is 0.421. The predicted molar refractivity (Wildman–Crippen MR) is 74.9 cm³/mol. The molecule has 2 N–H and O–H groups in total. The standard InChI is InChI=1S/C13H14Cl2N2O/c1-7(2)5-10-12(18-17-13(10)16)9-4-3-8(14)6-11(9)15/h3-4,6-7H,5H2,1-2H3,(H2,16,17). The minimum Gasteiger partial charge on any atom is -0.381 e. The topological polar surface area (TPSA) is 52.0 Å². The average Bonchev–Trinajstić information content (AvgIpc) is 2.60. The zero-order valence-corrected chi connectivity index (χ0v) is 11.7. The van der Waals surface area contributed by atoms with Crippen LogP contribution >= 0.6 is 23.2 Å². The highest BCUT2D eigenvalue weighted by atomic mass is 35.5. The van der Waals surface area contributed by atoms with Gasteiger partial charge >= 0.3 is 0 Å². The minimum atomic E-state index is 0.421. The van der Waals surface area contributed by atoms with Gasteiger partial charge in [0.1, 0.15) is 0 Å². The summed E-state index contributed by atoms with van der Waals surface area (Å²) in [5.74, 6) is 1.50. The molecule has 0 aliphatic heterocycles. The summed E-state index contributed by atoms with van der Waals surface area (Å²) >= 11 is 12.0. The van der Waals surface area contributed by atoms with Crippen LogP contribution in [0.25, 0.3) is 11.3 Å². The summed E-state index contributed by atoms with van der Waals surface area (Å²) in [5.41, 5.74) is 7.50. The van der Waals surface area contributed by atoms with E-state index in [1.807, 2.05) is 6.07 Å². The number of halogens is 2. The molecule has 0 atom stereocenters. The number of rotatable bonds is 3. The van der Waals surface area contributed by atoms with Crippen LogP contribution in [0.15, 0.2) is 22.7 Å². The first-order valence-corrected chi connectivity index (χ1v) is 6.44. The zero-order valence-electron chi connectivity index (χ0n) is 10.2. The number of benzene rings is 1. The van der Waals surface area contributed by atoms with Gasteiger partial charge in [-0.05, 0) is 30.5 Å². The molecule has 0 spiro atoms. The maximum atomic E-state index is 6.17. The highest BCUT2D eigenvalue weighted by molar-refractivity contribution is 6.36. The van der Waals surface area contributed by atoms with Crippen LogP contribution in [0.1, 0.15) is 19.4 Å². The molecule has 0 aliphatic rings. The second-order valence-corrected chi connectivity index (χ2v) is 5.44. The Kier molecular flexibility index (Phi) is 3.83. The van der Waals surface area contributed by atoms with Crippen LogP contribution in [0.4, 0.5) is 5.82 Å². The summed E-state index contributed by atoms with van der Waals surface area (Å²) in [5, 5.41) is 4.94. The van der Waals surface area contributed by atoms with Crippen molar-refractivity contribution in [3.05, 3.63) is 33.8 Å². The first-order chi connectivity index (χ1) is 8.49. The number of nitrogens with two attached hydrogens (primary N) is 1. The van der Waals surface area contributed by atoms with Gasteiger partial charge in [-0.25, -0.2) is 0 Å². The number of aromatic nitrogens is 1. The molecule has 0 amide bonds. The maximum absolute atomic E-state index is 6.17. The van der Waals surface area contributed by atoms with Crippen LogP contribution in [0.3, 0.4) is 0 Å². The van der Waals surface area contributed by atoms with Gasteiger partial charge in [-0.3, -0.25) is 0 Å². The summed E-state index contributed by atoms with van der Waals surface area (Å²) in [4.78, 5) is 0. The van der Waals surface area contributed by atoms with Crippen molar-refractivity contribution in [1.29, 1.82) is 0 Å². The van der Waals surface area contributed by atoms with Crippen molar-refractivity contribution < 1.29 is 4.52 Å². The van der Waals surface area contributed by atoms with Gasteiger partial charge in [0.05, 0.1) is 5.02 Å². The van der Waals surface area contributed by atoms with Crippen molar-refractivity contribution in [2.45, 2.75) is 20.3 Å². The third-order valence-electron chi connectivity index (χ3n) is 2.61. The van der Waals surface area contributed by atoms with Gasteiger partial charge in [0.25, 0.3) is 0 Å². The van der Waals surface area contributed by atoms with E-state index in [1.165, 1.54) is 0 Å². The van der Waals surface area contributed by atoms with Gasteiger partial charge in [0.15, 0.2) is 11.6 Å². The van der Waals surface area contributed by atoms with Crippen molar-refractivity contribution in [2.75, 3.05) is 5.73 Å². The molecule has 0 radical (unpaired) electrons. The molecular weight excluding hydrogens is 271 g/mol. The fourth-order valence-electron chi connectivity index (χ4n) is 1.81. The monoisotopic (exact) mass is 284 g/mol. The molecule has 1 heterocycles. The molecule has 0 saturated carbocycles. The first-order valence-electron chi connectivity index (χ1n) is 5.68. The van der Waals surface area contributed by atoms with Gasteiger partial charge in [0.2, 0.25) is 0 Å². The molecule has 0 saturated heterocycles. The lowest BCUT2D eigenvalue weighted by atomic mass is 10.00. The second-order valence-electron chi connectivity index (χ2n) is 4.60. The number of hydrogen-bond acceptors (Lipinski definition) is 3. The molecule has 0 bridgehead atoms. The fourth-order valence-corrected chi connectivity index (χ4v) is 2.31. The molecule has 1 aromatic carbocycles. The number of nitrogen functional groups attached to an aromatic ring is 1. The largest absolute Gasteiger partial charge is 0.381 e. The Morgan fingerprint density at radius 1 is 1.33 bits per heavy atom. The van der Waals surface area contributed by atoms with E-state index >= 15 is 0 Å². The van der Waals surface area contributed by atoms with Crippen LogP contribution in [-0.4, -0.2) is 5.16 Å². The Hall–Kier alpha value is -1.19. The van der Waals surface area contributed by atoms with Gasteiger partial charge < -0.3 is 10.3 Å². The molecule has 2 aromatic rings. The van der Waals surface area contributed by atoms with E-state index < -0.39 is 0 Å². The molecule has 3 nitrogen and oxygen atoms in total. The van der Waals surface area contributed by atoms with Crippen LogP contribution in [-0.2, 0) is 6.42 Å².